The Morgan fingerprint density at radius 2 is 1.57 bits per heavy atom. The summed E-state index contributed by atoms with van der Waals surface area (Å²) in [5.74, 6) is -3.35. The van der Waals surface area contributed by atoms with Gasteiger partial charge in [0.1, 0.15) is 17.7 Å². The van der Waals surface area contributed by atoms with Crippen LogP contribution >= 0.6 is 0 Å². The average Bonchev–Trinajstić information content (AvgIpc) is 3.64. The predicted octanol–water partition coefficient (Wildman–Crippen LogP) is 3.58. The summed E-state index contributed by atoms with van der Waals surface area (Å²) >= 11 is 0. The highest BCUT2D eigenvalue weighted by molar-refractivity contribution is 5.92. The zero-order valence-corrected chi connectivity index (χ0v) is 23.6. The zero-order chi connectivity index (χ0) is 33.5. The van der Waals surface area contributed by atoms with Crippen LogP contribution in [0.2, 0.25) is 0 Å². The molecule has 46 heavy (non-hydrogen) atoms. The second kappa shape index (κ2) is 14.2. The Morgan fingerprint density at radius 3 is 2.24 bits per heavy atom. The molecule has 13 nitrogen and oxygen atoms in total. The van der Waals surface area contributed by atoms with E-state index in [1.807, 2.05) is 0 Å². The van der Waals surface area contributed by atoms with Gasteiger partial charge in [0.05, 0.1) is 31.2 Å². The first kappa shape index (κ1) is 33.6. The maximum absolute atomic E-state index is 14.6. The van der Waals surface area contributed by atoms with E-state index in [0.29, 0.717) is 6.92 Å². The highest BCUT2D eigenvalue weighted by atomic mass is 19.4. The van der Waals surface area contributed by atoms with E-state index in [1.165, 1.54) is 29.1 Å². The fourth-order valence-corrected chi connectivity index (χ4v) is 3.78. The molecule has 4 rings (SSSR count). The van der Waals surface area contributed by atoms with Crippen LogP contribution in [0.3, 0.4) is 0 Å². The number of rotatable bonds is 14. The highest BCUT2D eigenvalue weighted by Gasteiger charge is 2.31. The third-order valence-electron chi connectivity index (χ3n) is 5.78. The number of hydrogen-bond donors (Lipinski definition) is 2. The van der Waals surface area contributed by atoms with Gasteiger partial charge in [0, 0.05) is 38.1 Å². The van der Waals surface area contributed by atoms with E-state index in [9.17, 15) is 40.3 Å². The molecule has 3 aromatic heterocycles. The Labute approximate surface area is 254 Å². The largest absolute Gasteiger partial charge is 0.573 e. The van der Waals surface area contributed by atoms with Crippen LogP contribution in [0.25, 0.3) is 0 Å². The second-order valence-electron chi connectivity index (χ2n) is 9.62. The lowest BCUT2D eigenvalue weighted by Gasteiger charge is -2.12. The van der Waals surface area contributed by atoms with E-state index >= 15 is 0 Å². The Balaban J connectivity index is 1.21. The lowest BCUT2D eigenvalue weighted by Crippen LogP contribution is -2.24. The van der Waals surface area contributed by atoms with Crippen LogP contribution in [0, 0.1) is 5.82 Å². The van der Waals surface area contributed by atoms with Crippen molar-refractivity contribution in [2.24, 2.45) is 0 Å². The number of benzene rings is 1. The van der Waals surface area contributed by atoms with Crippen LogP contribution in [0.1, 0.15) is 45.6 Å². The molecule has 2 amide bonds. The van der Waals surface area contributed by atoms with E-state index in [-0.39, 0.29) is 54.6 Å². The first-order chi connectivity index (χ1) is 21.6. The lowest BCUT2D eigenvalue weighted by atomic mass is 10.2. The third-order valence-corrected chi connectivity index (χ3v) is 5.78. The molecule has 0 spiro atoms. The molecule has 2 N–H and O–H groups in total. The van der Waals surface area contributed by atoms with E-state index in [0.717, 1.165) is 29.1 Å². The van der Waals surface area contributed by atoms with Gasteiger partial charge >= 0.3 is 12.5 Å². The molecule has 0 saturated carbocycles. The van der Waals surface area contributed by atoms with Gasteiger partial charge in [-0.15, -0.1) is 23.4 Å². The maximum Gasteiger partial charge on any atom is 0.573 e. The zero-order valence-electron chi connectivity index (χ0n) is 23.6. The number of nitrogens with zero attached hydrogens (tertiary/aromatic N) is 7. The summed E-state index contributed by atoms with van der Waals surface area (Å²) in [6.07, 6.45) is -7.60. The van der Waals surface area contributed by atoms with Crippen molar-refractivity contribution in [3.8, 4) is 11.6 Å². The summed E-state index contributed by atoms with van der Waals surface area (Å²) in [7, 11) is 0. The fraction of sp³-hybridized carbons (Fsp3) is 0.346. The molecule has 0 aliphatic carbocycles. The number of ether oxygens (including phenoxy) is 2. The number of nitrogens with one attached hydrogen (secondary N) is 2. The standard InChI is InChI=1S/C26H24F7N9O4/c1-25(29,30)46-22-4-2-3-17(36-22)11-35-24(44)20-13-41(39-37-20)8-7-16(27)12-42-14-21(38-40-42)23(43)34-10-15-9-18(5-6-19(15)28)45-26(31,32)33/h2-6,9,13-14,16H,7-8,10-12H2,1H3,(H,34,43)(H,35,44). The molecule has 0 radical (unpaired) electrons. The van der Waals surface area contributed by atoms with Gasteiger partial charge in [-0.3, -0.25) is 14.3 Å². The van der Waals surface area contributed by atoms with Crippen LogP contribution in [-0.2, 0) is 26.2 Å². The van der Waals surface area contributed by atoms with E-state index < -0.39 is 48.6 Å². The molecule has 1 atom stereocenters. The van der Waals surface area contributed by atoms with Crippen LogP contribution in [0.4, 0.5) is 30.7 Å². The second-order valence-corrected chi connectivity index (χ2v) is 9.62. The van der Waals surface area contributed by atoms with Crippen molar-refractivity contribution in [2.45, 2.75) is 58.2 Å². The lowest BCUT2D eigenvalue weighted by molar-refractivity contribution is -0.274. The van der Waals surface area contributed by atoms with Gasteiger partial charge in [0.2, 0.25) is 5.88 Å². The molecule has 0 fully saturated rings. The topological polar surface area (TPSA) is 151 Å². The van der Waals surface area contributed by atoms with Gasteiger partial charge < -0.3 is 20.1 Å². The number of carbonyl (C=O) groups excluding carboxylic acids is 2. The molecule has 246 valence electrons. The first-order valence-electron chi connectivity index (χ1n) is 13.2. The van der Waals surface area contributed by atoms with E-state index in [1.54, 1.807) is 0 Å². The number of carbonyl (C=O) groups is 2. The van der Waals surface area contributed by atoms with Crippen molar-refractivity contribution in [3.05, 3.63) is 77.3 Å². The van der Waals surface area contributed by atoms with Crippen molar-refractivity contribution in [1.29, 1.82) is 0 Å². The summed E-state index contributed by atoms with van der Waals surface area (Å²) < 4.78 is 102. The number of alkyl halides is 6. The molecule has 4 aromatic rings. The average molecular weight is 660 g/mol. The molecular weight excluding hydrogens is 635 g/mol. The van der Waals surface area contributed by atoms with Crippen LogP contribution in [0.5, 0.6) is 11.6 Å². The maximum atomic E-state index is 14.6. The summed E-state index contributed by atoms with van der Waals surface area (Å²) in [6, 6.07) is 6.48. The summed E-state index contributed by atoms with van der Waals surface area (Å²) in [4.78, 5) is 28.6. The summed E-state index contributed by atoms with van der Waals surface area (Å²) in [6.45, 7) is -0.350. The van der Waals surface area contributed by atoms with E-state index in [2.05, 4.69) is 45.7 Å². The van der Waals surface area contributed by atoms with Crippen LogP contribution < -0.4 is 20.1 Å². The molecular formula is C26H24F7N9O4. The molecule has 0 aliphatic heterocycles. The van der Waals surface area contributed by atoms with Crippen molar-refractivity contribution in [1.82, 2.24) is 45.6 Å². The monoisotopic (exact) mass is 659 g/mol. The SMILES string of the molecule is CC(F)(F)Oc1cccc(CNC(=O)c2cn(CCC(F)Cn3cc(C(=O)NCc4cc(OC(F)(F)F)ccc4F)nn3)nn2)n1. The molecule has 20 heteroatoms. The minimum absolute atomic E-state index is 0.0122. The van der Waals surface area contributed by atoms with Crippen molar-refractivity contribution in [2.75, 3.05) is 0 Å². The normalized spacial score (nSPS) is 12.4. The van der Waals surface area contributed by atoms with Gasteiger partial charge in [-0.05, 0) is 24.3 Å². The smallest absolute Gasteiger partial charge is 0.415 e. The van der Waals surface area contributed by atoms with Gasteiger partial charge in [0.15, 0.2) is 11.4 Å². The Morgan fingerprint density at radius 1 is 0.913 bits per heavy atom. The van der Waals surface area contributed by atoms with Crippen molar-refractivity contribution in [3.63, 3.8) is 0 Å². The Kier molecular flexibility index (Phi) is 10.4. The molecule has 0 bridgehead atoms. The number of hydrogen-bond acceptors (Lipinski definition) is 9. The van der Waals surface area contributed by atoms with Crippen LogP contribution in [0.15, 0.2) is 48.8 Å². The number of pyridine rings is 1. The first-order valence-corrected chi connectivity index (χ1v) is 13.2. The molecule has 1 unspecified atom stereocenters. The quantitative estimate of drug-likeness (QED) is 0.194. The van der Waals surface area contributed by atoms with Crippen molar-refractivity contribution < 1.29 is 49.8 Å². The number of amides is 2. The van der Waals surface area contributed by atoms with Crippen molar-refractivity contribution >= 4 is 11.8 Å². The minimum atomic E-state index is -4.98. The van der Waals surface area contributed by atoms with E-state index in [4.69, 9.17) is 0 Å². The summed E-state index contributed by atoms with van der Waals surface area (Å²) in [5, 5.41) is 19.6. The minimum Gasteiger partial charge on any atom is -0.415 e. The number of halogens is 7. The predicted molar refractivity (Wildman–Crippen MR) is 140 cm³/mol. The third kappa shape index (κ3) is 10.4. The summed E-state index contributed by atoms with van der Waals surface area (Å²) in [5.41, 5.74) is -0.372. The molecule has 3 heterocycles. The van der Waals surface area contributed by atoms with Gasteiger partial charge in [-0.25, -0.2) is 18.4 Å². The molecule has 1 aromatic carbocycles. The highest BCUT2D eigenvalue weighted by Crippen LogP contribution is 2.25. The number of aryl methyl sites for hydroxylation is 1. The molecule has 0 aliphatic rings. The Bertz CT molecular complexity index is 1660. The molecule has 0 saturated heterocycles. The fourth-order valence-electron chi connectivity index (χ4n) is 3.78. The van der Waals surface area contributed by atoms with Crippen LogP contribution in [-0.4, -0.2) is 65.4 Å². The van der Waals surface area contributed by atoms with Gasteiger partial charge in [-0.1, -0.05) is 16.5 Å². The van der Waals surface area contributed by atoms with Gasteiger partial charge in [0.25, 0.3) is 11.8 Å². The Hall–Kier alpha value is -5.30. The number of aromatic nitrogens is 7. The van der Waals surface area contributed by atoms with Gasteiger partial charge in [-0.2, -0.15) is 8.78 Å².